The van der Waals surface area contributed by atoms with Crippen molar-refractivity contribution in [1.29, 1.82) is 0 Å². The number of aromatic nitrogens is 4. The molecule has 0 atom stereocenters. The molecule has 0 amide bonds. The van der Waals surface area contributed by atoms with Gasteiger partial charge in [0.1, 0.15) is 0 Å². The van der Waals surface area contributed by atoms with E-state index in [9.17, 15) is 0 Å². The van der Waals surface area contributed by atoms with E-state index >= 15 is 0 Å². The van der Waals surface area contributed by atoms with E-state index in [-0.39, 0.29) is 19.5 Å². The molecule has 0 N–H and O–H groups in total. The van der Waals surface area contributed by atoms with E-state index < -0.39 is 0 Å². The van der Waals surface area contributed by atoms with Crippen LogP contribution in [0.1, 0.15) is 5.69 Å². The summed E-state index contributed by atoms with van der Waals surface area (Å²) in [4.78, 5) is 8.38. The SMILES string of the molecule is Cc1cc(-c2ccccn2)[n-]n1.[Rh+2].[c-]1ccccc1-c1ccccn1. The largest absolute Gasteiger partial charge is 2.00 e. The van der Waals surface area contributed by atoms with Gasteiger partial charge in [-0.1, -0.05) is 30.0 Å². The van der Waals surface area contributed by atoms with E-state index in [0.717, 1.165) is 28.3 Å². The van der Waals surface area contributed by atoms with Crippen LogP contribution in [0.3, 0.4) is 0 Å². The molecule has 0 spiro atoms. The normalized spacial score (nSPS) is 9.48. The standard InChI is InChI=1S/C11H8N.C9H8N3.Rh/c1-2-6-10(7-3-1)11-8-4-5-9-12-11;1-7-6-9(12-11-7)8-4-2-3-5-10-8;/h1-6,8-9H;2-6H,1H3;/q2*-1;+2. The number of hydrogen-bond donors (Lipinski definition) is 0. The first-order valence-electron chi connectivity index (χ1n) is 7.59. The van der Waals surface area contributed by atoms with Gasteiger partial charge in [0.25, 0.3) is 0 Å². The Kier molecular flexibility index (Phi) is 7.18. The molecule has 3 aromatic heterocycles. The van der Waals surface area contributed by atoms with E-state index in [0.29, 0.717) is 0 Å². The van der Waals surface area contributed by atoms with Gasteiger partial charge < -0.3 is 15.2 Å². The summed E-state index contributed by atoms with van der Waals surface area (Å²) in [6, 6.07) is 24.5. The zero-order valence-corrected chi connectivity index (χ0v) is 15.3. The Morgan fingerprint density at radius 1 is 0.840 bits per heavy atom. The molecule has 3 heterocycles. The van der Waals surface area contributed by atoms with Gasteiger partial charge in [-0.15, -0.1) is 35.9 Å². The number of hydrogen-bond acceptors (Lipinski definition) is 3. The molecule has 4 nitrogen and oxygen atoms in total. The monoisotopic (exact) mass is 415 g/mol. The third-order valence-corrected chi connectivity index (χ3v) is 3.24. The summed E-state index contributed by atoms with van der Waals surface area (Å²) < 4.78 is 0. The second-order valence-corrected chi connectivity index (χ2v) is 5.08. The Morgan fingerprint density at radius 2 is 1.52 bits per heavy atom. The maximum Gasteiger partial charge on any atom is 2.00 e. The van der Waals surface area contributed by atoms with Gasteiger partial charge in [-0.3, -0.25) is 4.98 Å². The summed E-state index contributed by atoms with van der Waals surface area (Å²) in [5.41, 5.74) is 4.65. The van der Waals surface area contributed by atoms with Crippen LogP contribution in [0.2, 0.25) is 0 Å². The van der Waals surface area contributed by atoms with Gasteiger partial charge in [0.15, 0.2) is 0 Å². The first-order chi connectivity index (χ1) is 11.8. The fourth-order valence-electron chi connectivity index (χ4n) is 2.10. The Labute approximate surface area is 160 Å². The van der Waals surface area contributed by atoms with Crippen molar-refractivity contribution in [2.45, 2.75) is 6.92 Å². The predicted octanol–water partition coefficient (Wildman–Crippen LogP) is 3.96. The van der Waals surface area contributed by atoms with Crippen molar-refractivity contribution in [3.63, 3.8) is 0 Å². The molecule has 4 rings (SSSR count). The zero-order valence-electron chi connectivity index (χ0n) is 13.6. The van der Waals surface area contributed by atoms with Crippen LogP contribution in [0.4, 0.5) is 0 Å². The second kappa shape index (κ2) is 9.60. The van der Waals surface area contributed by atoms with Crippen LogP contribution < -0.4 is 5.10 Å². The minimum Gasteiger partial charge on any atom is -0.574 e. The van der Waals surface area contributed by atoms with Gasteiger partial charge >= 0.3 is 19.5 Å². The van der Waals surface area contributed by atoms with Gasteiger partial charge in [-0.2, -0.15) is 0 Å². The van der Waals surface area contributed by atoms with Crippen LogP contribution in [0.15, 0.2) is 79.1 Å². The van der Waals surface area contributed by atoms with E-state index in [1.165, 1.54) is 0 Å². The molecule has 5 heteroatoms. The fourth-order valence-corrected chi connectivity index (χ4v) is 2.10. The number of nitrogens with zero attached hydrogens (tertiary/aromatic N) is 4. The molecule has 25 heavy (non-hydrogen) atoms. The molecule has 0 bridgehead atoms. The van der Waals surface area contributed by atoms with Crippen LogP contribution in [0, 0.1) is 13.0 Å². The van der Waals surface area contributed by atoms with Gasteiger partial charge in [-0.25, -0.2) is 0 Å². The molecule has 0 fully saturated rings. The molecule has 0 saturated heterocycles. The number of benzene rings is 1. The molecule has 0 aliphatic rings. The quantitative estimate of drug-likeness (QED) is 0.368. The van der Waals surface area contributed by atoms with Crippen LogP contribution >= 0.6 is 0 Å². The van der Waals surface area contributed by atoms with Crippen molar-refractivity contribution in [2.75, 3.05) is 0 Å². The smallest absolute Gasteiger partial charge is 0.574 e. The molecular formula is C20H16N4Rh. The summed E-state index contributed by atoms with van der Waals surface area (Å²) in [5.74, 6) is 0. The van der Waals surface area contributed by atoms with Gasteiger partial charge in [0.05, 0.1) is 0 Å². The molecule has 0 unspecified atom stereocenters. The van der Waals surface area contributed by atoms with Gasteiger partial charge in [0, 0.05) is 23.8 Å². The van der Waals surface area contributed by atoms with Gasteiger partial charge in [-0.05, 0) is 30.8 Å². The van der Waals surface area contributed by atoms with E-state index in [1.54, 1.807) is 12.4 Å². The van der Waals surface area contributed by atoms with Crippen molar-refractivity contribution in [2.24, 2.45) is 0 Å². The zero-order chi connectivity index (χ0) is 16.6. The number of rotatable bonds is 2. The molecule has 0 aliphatic heterocycles. The fraction of sp³-hybridized carbons (Fsp3) is 0.0500. The molecule has 125 valence electrons. The average molecular weight is 415 g/mol. The Balaban J connectivity index is 0.000000173. The summed E-state index contributed by atoms with van der Waals surface area (Å²) >= 11 is 0. The van der Waals surface area contributed by atoms with Crippen molar-refractivity contribution < 1.29 is 19.5 Å². The Morgan fingerprint density at radius 3 is 2.04 bits per heavy atom. The molecular weight excluding hydrogens is 399 g/mol. The number of aryl methyl sites for hydroxylation is 1. The van der Waals surface area contributed by atoms with Crippen LogP contribution in [0.5, 0.6) is 0 Å². The van der Waals surface area contributed by atoms with Crippen LogP contribution in [-0.4, -0.2) is 15.1 Å². The molecule has 0 aliphatic carbocycles. The summed E-state index contributed by atoms with van der Waals surface area (Å²) in [5, 5.41) is 7.88. The van der Waals surface area contributed by atoms with Crippen molar-refractivity contribution in [1.82, 2.24) is 20.2 Å². The minimum absolute atomic E-state index is 0. The van der Waals surface area contributed by atoms with Crippen LogP contribution in [-0.2, 0) is 19.5 Å². The van der Waals surface area contributed by atoms with Gasteiger partial charge in [0.2, 0.25) is 0 Å². The maximum atomic E-state index is 4.22. The molecule has 1 radical (unpaired) electrons. The average Bonchev–Trinajstić information content (AvgIpc) is 3.11. The number of pyridine rings is 2. The second-order valence-electron chi connectivity index (χ2n) is 5.08. The predicted molar refractivity (Wildman–Crippen MR) is 94.0 cm³/mol. The van der Waals surface area contributed by atoms with Crippen LogP contribution in [0.25, 0.3) is 22.6 Å². The molecule has 0 saturated carbocycles. The van der Waals surface area contributed by atoms with Crippen molar-refractivity contribution in [3.8, 4) is 22.6 Å². The summed E-state index contributed by atoms with van der Waals surface area (Å²) in [6.45, 7) is 1.92. The van der Waals surface area contributed by atoms with E-state index in [1.807, 2.05) is 73.7 Å². The third kappa shape index (κ3) is 5.44. The van der Waals surface area contributed by atoms with E-state index in [2.05, 4.69) is 26.2 Å². The molecule has 1 aromatic carbocycles. The maximum absolute atomic E-state index is 4.22. The Hall–Kier alpha value is -2.65. The summed E-state index contributed by atoms with van der Waals surface area (Å²) in [6.07, 6.45) is 3.54. The topological polar surface area (TPSA) is 52.8 Å². The summed E-state index contributed by atoms with van der Waals surface area (Å²) in [7, 11) is 0. The third-order valence-electron chi connectivity index (χ3n) is 3.24. The van der Waals surface area contributed by atoms with Crippen molar-refractivity contribution in [3.05, 3.63) is 90.9 Å². The van der Waals surface area contributed by atoms with Crippen molar-refractivity contribution >= 4 is 0 Å². The van der Waals surface area contributed by atoms with E-state index in [4.69, 9.17) is 0 Å². The minimum atomic E-state index is 0. The first-order valence-corrected chi connectivity index (χ1v) is 7.59. The first kappa shape index (κ1) is 18.7. The Bertz CT molecular complexity index is 824. The molecule has 4 aromatic rings.